The van der Waals surface area contributed by atoms with E-state index in [9.17, 15) is 9.59 Å². The zero-order chi connectivity index (χ0) is 21.9. The lowest BCUT2D eigenvalue weighted by molar-refractivity contribution is -0.116. The van der Waals surface area contributed by atoms with Crippen molar-refractivity contribution in [3.63, 3.8) is 0 Å². The van der Waals surface area contributed by atoms with Gasteiger partial charge in [-0.1, -0.05) is 50.3 Å². The first-order valence-electron chi connectivity index (χ1n) is 10.1. The first-order valence-corrected chi connectivity index (χ1v) is 10.1. The Balaban J connectivity index is 1.82. The van der Waals surface area contributed by atoms with Gasteiger partial charge in [0.1, 0.15) is 17.6 Å². The number of rotatable bonds is 7. The van der Waals surface area contributed by atoms with Gasteiger partial charge in [-0.05, 0) is 49.2 Å². The minimum Gasteiger partial charge on any atom is -0.497 e. The van der Waals surface area contributed by atoms with Crippen molar-refractivity contribution < 1.29 is 19.1 Å². The fraction of sp³-hybridized carbons (Fsp3) is 0.308. The van der Waals surface area contributed by atoms with Crippen molar-refractivity contribution in [1.82, 2.24) is 0 Å². The maximum atomic E-state index is 12.2. The third kappa shape index (κ3) is 4.38. The molecule has 0 amide bonds. The zero-order valence-electron chi connectivity index (χ0n) is 18.2. The number of carbonyl (C=O) groups is 2. The summed E-state index contributed by atoms with van der Waals surface area (Å²) < 4.78 is 11.4. The van der Waals surface area contributed by atoms with Gasteiger partial charge in [-0.2, -0.15) is 0 Å². The van der Waals surface area contributed by atoms with Crippen molar-refractivity contribution in [2.24, 2.45) is 0 Å². The Morgan fingerprint density at radius 3 is 1.87 bits per heavy atom. The molecule has 156 valence electrons. The maximum Gasteiger partial charge on any atom is 0.160 e. The molecule has 1 aliphatic carbocycles. The Bertz CT molecular complexity index is 992. The van der Waals surface area contributed by atoms with Gasteiger partial charge >= 0.3 is 0 Å². The summed E-state index contributed by atoms with van der Waals surface area (Å²) in [6.45, 7) is 7.30. The number of allylic oxidation sites excluding steroid dienone is 2. The van der Waals surface area contributed by atoms with Crippen LogP contribution in [0.2, 0.25) is 0 Å². The molecule has 0 bridgehead atoms. The van der Waals surface area contributed by atoms with Crippen LogP contribution < -0.4 is 9.47 Å². The minimum atomic E-state index is -0.452. The van der Waals surface area contributed by atoms with E-state index in [0.717, 1.165) is 11.3 Å². The number of ether oxygens (including phenoxy) is 2. The summed E-state index contributed by atoms with van der Waals surface area (Å²) in [6, 6.07) is 16.0. The molecule has 0 saturated carbocycles. The van der Waals surface area contributed by atoms with Gasteiger partial charge in [0, 0.05) is 23.0 Å². The average Bonchev–Trinajstić information content (AvgIpc) is 2.73. The molecule has 0 radical (unpaired) electrons. The van der Waals surface area contributed by atoms with Gasteiger partial charge in [-0.25, -0.2) is 0 Å². The van der Waals surface area contributed by atoms with Crippen LogP contribution in [-0.2, 0) is 15.0 Å². The Morgan fingerprint density at radius 1 is 0.867 bits per heavy atom. The lowest BCUT2D eigenvalue weighted by Crippen LogP contribution is -2.28. The highest BCUT2D eigenvalue weighted by Crippen LogP contribution is 2.34. The third-order valence-corrected chi connectivity index (χ3v) is 5.67. The van der Waals surface area contributed by atoms with E-state index in [1.54, 1.807) is 13.2 Å². The van der Waals surface area contributed by atoms with Crippen LogP contribution in [0.25, 0.3) is 0 Å². The topological polar surface area (TPSA) is 52.6 Å². The number of hydrogen-bond donors (Lipinski definition) is 0. The Kier molecular flexibility index (Phi) is 6.25. The second kappa shape index (κ2) is 8.70. The minimum absolute atomic E-state index is 0.124. The maximum absolute atomic E-state index is 12.2. The fourth-order valence-corrected chi connectivity index (χ4v) is 3.81. The van der Waals surface area contributed by atoms with Crippen LogP contribution >= 0.6 is 0 Å². The van der Waals surface area contributed by atoms with Crippen LogP contribution in [0.1, 0.15) is 45.2 Å². The molecule has 3 rings (SSSR count). The Morgan fingerprint density at radius 2 is 1.40 bits per heavy atom. The highest BCUT2D eigenvalue weighted by Gasteiger charge is 2.28. The predicted molar refractivity (Wildman–Crippen MR) is 118 cm³/mol. The van der Waals surface area contributed by atoms with Crippen molar-refractivity contribution in [3.05, 3.63) is 83.0 Å². The highest BCUT2D eigenvalue weighted by molar-refractivity contribution is 6.07. The van der Waals surface area contributed by atoms with Crippen molar-refractivity contribution in [1.29, 1.82) is 0 Å². The summed E-state index contributed by atoms with van der Waals surface area (Å²) in [5.41, 5.74) is 3.03. The normalized spacial score (nSPS) is 16.4. The van der Waals surface area contributed by atoms with E-state index in [0.29, 0.717) is 23.3 Å². The van der Waals surface area contributed by atoms with Crippen molar-refractivity contribution >= 4 is 11.6 Å². The van der Waals surface area contributed by atoms with E-state index in [1.807, 2.05) is 42.5 Å². The van der Waals surface area contributed by atoms with E-state index < -0.39 is 6.10 Å². The second-order valence-corrected chi connectivity index (χ2v) is 8.06. The van der Waals surface area contributed by atoms with Crippen LogP contribution in [0.15, 0.2) is 71.8 Å². The number of carbonyl (C=O) groups excluding carboxylic acids is 2. The summed E-state index contributed by atoms with van der Waals surface area (Å²) in [5.74, 6) is 1.25. The largest absolute Gasteiger partial charge is 0.497 e. The monoisotopic (exact) mass is 404 g/mol. The van der Waals surface area contributed by atoms with Crippen molar-refractivity contribution in [2.45, 2.75) is 45.6 Å². The molecule has 0 heterocycles. The van der Waals surface area contributed by atoms with Crippen molar-refractivity contribution in [2.75, 3.05) is 7.11 Å². The van der Waals surface area contributed by atoms with Gasteiger partial charge in [0.25, 0.3) is 0 Å². The molecule has 0 aromatic heterocycles. The van der Waals surface area contributed by atoms with Crippen LogP contribution in [0.3, 0.4) is 0 Å². The molecule has 4 heteroatoms. The molecule has 30 heavy (non-hydrogen) atoms. The molecule has 2 aromatic carbocycles. The van der Waals surface area contributed by atoms with E-state index in [1.165, 1.54) is 19.4 Å². The SMILES string of the molecule is COc1ccc(C(C)(C)c2ccc(O[C@H]3CC=CC(C(C)=O)=C3C(C)=O)cc2)cc1. The second-order valence-electron chi connectivity index (χ2n) is 8.06. The third-order valence-electron chi connectivity index (χ3n) is 5.67. The molecule has 0 saturated heterocycles. The first kappa shape index (κ1) is 21.6. The fourth-order valence-electron chi connectivity index (χ4n) is 3.81. The first-order chi connectivity index (χ1) is 14.2. The van der Waals surface area contributed by atoms with Crippen LogP contribution in [0.5, 0.6) is 11.5 Å². The lowest BCUT2D eigenvalue weighted by atomic mass is 9.78. The smallest absolute Gasteiger partial charge is 0.160 e. The zero-order valence-corrected chi connectivity index (χ0v) is 18.2. The summed E-state index contributed by atoms with van der Waals surface area (Å²) in [7, 11) is 1.66. The van der Waals surface area contributed by atoms with Gasteiger partial charge in [0.15, 0.2) is 11.6 Å². The van der Waals surface area contributed by atoms with E-state index in [4.69, 9.17) is 9.47 Å². The van der Waals surface area contributed by atoms with E-state index in [-0.39, 0.29) is 17.0 Å². The van der Waals surface area contributed by atoms with Gasteiger partial charge < -0.3 is 9.47 Å². The predicted octanol–water partition coefficient (Wildman–Crippen LogP) is 5.20. The van der Waals surface area contributed by atoms with Crippen LogP contribution in [0, 0.1) is 0 Å². The number of methoxy groups -OCH3 is 1. The molecule has 0 aliphatic heterocycles. The summed E-state index contributed by atoms with van der Waals surface area (Å²) >= 11 is 0. The van der Waals surface area contributed by atoms with Gasteiger partial charge in [0.05, 0.1) is 7.11 Å². The molecular weight excluding hydrogens is 376 g/mol. The highest BCUT2D eigenvalue weighted by atomic mass is 16.5. The Labute approximate surface area is 178 Å². The summed E-state index contributed by atoms with van der Waals surface area (Å²) in [6.07, 6.45) is 3.71. The van der Waals surface area contributed by atoms with Gasteiger partial charge in [0.2, 0.25) is 0 Å². The summed E-state index contributed by atoms with van der Waals surface area (Å²) in [5, 5.41) is 0. The number of hydrogen-bond acceptors (Lipinski definition) is 4. The Hall–Kier alpha value is -3.14. The van der Waals surface area contributed by atoms with Crippen molar-refractivity contribution in [3.8, 4) is 11.5 Å². The van der Waals surface area contributed by atoms with E-state index >= 15 is 0 Å². The molecule has 4 nitrogen and oxygen atoms in total. The van der Waals surface area contributed by atoms with Crippen LogP contribution in [0.4, 0.5) is 0 Å². The molecule has 1 aliphatic rings. The van der Waals surface area contributed by atoms with E-state index in [2.05, 4.69) is 26.0 Å². The van der Waals surface area contributed by atoms with Crippen LogP contribution in [-0.4, -0.2) is 24.8 Å². The standard InChI is InChI=1S/C26H28O4/c1-17(27)23-7-6-8-24(25(23)18(2)28)30-22-15-11-20(12-16-22)26(3,4)19-9-13-21(29-5)14-10-19/h6-7,9-16,24H,8H2,1-5H3/t24-/m0/s1. The molecular formula is C26H28O4. The number of benzene rings is 2. The molecule has 0 N–H and O–H groups in total. The molecule has 0 spiro atoms. The van der Waals surface area contributed by atoms with Gasteiger partial charge in [-0.3, -0.25) is 9.59 Å². The molecule has 1 atom stereocenters. The average molecular weight is 405 g/mol. The van der Waals surface area contributed by atoms with Gasteiger partial charge in [-0.15, -0.1) is 0 Å². The molecule has 2 aromatic rings. The number of ketones is 2. The molecule has 0 unspecified atom stereocenters. The quantitative estimate of drug-likeness (QED) is 0.636. The summed E-state index contributed by atoms with van der Waals surface area (Å²) in [4.78, 5) is 24.1. The number of Topliss-reactive ketones (excluding diaryl/α,β-unsaturated/α-hetero) is 2. The molecule has 0 fully saturated rings. The lowest BCUT2D eigenvalue weighted by Gasteiger charge is -2.27.